The van der Waals surface area contributed by atoms with E-state index in [2.05, 4.69) is 30.3 Å². The first-order valence-electron chi connectivity index (χ1n) is 7.77. The van der Waals surface area contributed by atoms with Gasteiger partial charge in [-0.1, -0.05) is 13.8 Å². The van der Waals surface area contributed by atoms with Gasteiger partial charge in [-0.05, 0) is 56.0 Å². The summed E-state index contributed by atoms with van der Waals surface area (Å²) in [5.41, 5.74) is 2.72. The summed E-state index contributed by atoms with van der Waals surface area (Å²) < 4.78 is 0. The zero-order valence-corrected chi connectivity index (χ0v) is 12.2. The number of nitrogens with zero attached hydrogens (tertiary/aromatic N) is 2. The maximum absolute atomic E-state index is 4.79. The van der Waals surface area contributed by atoms with E-state index >= 15 is 0 Å². The monoisotopic (exact) mass is 259 g/mol. The SMILES string of the molecule is CC(C)NCC1CCc2nc(CC3CC3)ncc2C1. The molecule has 0 aromatic carbocycles. The normalized spacial score (nSPS) is 22.6. The smallest absolute Gasteiger partial charge is 0.128 e. The average molecular weight is 259 g/mol. The molecule has 1 fully saturated rings. The largest absolute Gasteiger partial charge is 0.314 e. The van der Waals surface area contributed by atoms with Crippen LogP contribution in [0.25, 0.3) is 0 Å². The molecule has 1 unspecified atom stereocenters. The first kappa shape index (κ1) is 13.0. The van der Waals surface area contributed by atoms with E-state index in [0.29, 0.717) is 6.04 Å². The highest BCUT2D eigenvalue weighted by Gasteiger charge is 2.25. The molecule has 1 aromatic rings. The van der Waals surface area contributed by atoms with Crippen LogP contribution in [-0.2, 0) is 19.3 Å². The van der Waals surface area contributed by atoms with Crippen LogP contribution in [0, 0.1) is 11.8 Å². The molecule has 1 aromatic heterocycles. The third kappa shape index (κ3) is 3.53. The average Bonchev–Trinajstić information content (AvgIpc) is 3.20. The Morgan fingerprint density at radius 2 is 2.11 bits per heavy atom. The predicted molar refractivity (Wildman–Crippen MR) is 77.1 cm³/mol. The molecular weight excluding hydrogens is 234 g/mol. The lowest BCUT2D eigenvalue weighted by molar-refractivity contribution is 0.401. The topological polar surface area (TPSA) is 37.8 Å². The fourth-order valence-electron chi connectivity index (χ4n) is 2.88. The number of aromatic nitrogens is 2. The molecule has 1 saturated carbocycles. The van der Waals surface area contributed by atoms with E-state index in [1.165, 1.54) is 30.5 Å². The molecule has 3 rings (SSSR count). The van der Waals surface area contributed by atoms with Gasteiger partial charge >= 0.3 is 0 Å². The van der Waals surface area contributed by atoms with Crippen molar-refractivity contribution in [1.29, 1.82) is 0 Å². The minimum absolute atomic E-state index is 0.582. The fraction of sp³-hybridized carbons (Fsp3) is 0.750. The first-order chi connectivity index (χ1) is 9.20. The molecule has 0 amide bonds. The van der Waals surface area contributed by atoms with E-state index in [1.807, 2.05) is 0 Å². The summed E-state index contributed by atoms with van der Waals surface area (Å²) >= 11 is 0. The van der Waals surface area contributed by atoms with E-state index in [-0.39, 0.29) is 0 Å². The first-order valence-corrected chi connectivity index (χ1v) is 7.77. The highest BCUT2D eigenvalue weighted by Crippen LogP contribution is 2.32. The van der Waals surface area contributed by atoms with Gasteiger partial charge in [-0.2, -0.15) is 0 Å². The van der Waals surface area contributed by atoms with Crippen molar-refractivity contribution in [2.24, 2.45) is 11.8 Å². The van der Waals surface area contributed by atoms with Gasteiger partial charge in [0.1, 0.15) is 5.82 Å². The van der Waals surface area contributed by atoms with Crippen LogP contribution in [0.4, 0.5) is 0 Å². The number of hydrogen-bond donors (Lipinski definition) is 1. The Hall–Kier alpha value is -0.960. The number of fused-ring (bicyclic) bond motifs is 1. The molecule has 19 heavy (non-hydrogen) atoms. The van der Waals surface area contributed by atoms with Crippen molar-refractivity contribution in [2.75, 3.05) is 6.54 Å². The fourth-order valence-corrected chi connectivity index (χ4v) is 2.88. The maximum Gasteiger partial charge on any atom is 0.128 e. The predicted octanol–water partition coefficient (Wildman–Crippen LogP) is 2.53. The van der Waals surface area contributed by atoms with E-state index < -0.39 is 0 Å². The lowest BCUT2D eigenvalue weighted by Gasteiger charge is -2.25. The number of nitrogens with one attached hydrogen (secondary N) is 1. The minimum atomic E-state index is 0.582. The van der Waals surface area contributed by atoms with Gasteiger partial charge in [0.15, 0.2) is 0 Å². The lowest BCUT2D eigenvalue weighted by atomic mass is 9.87. The van der Waals surface area contributed by atoms with Crippen LogP contribution in [0.5, 0.6) is 0 Å². The van der Waals surface area contributed by atoms with Gasteiger partial charge < -0.3 is 5.32 Å². The lowest BCUT2D eigenvalue weighted by Crippen LogP contribution is -2.32. The van der Waals surface area contributed by atoms with Crippen LogP contribution in [0.15, 0.2) is 6.20 Å². The second-order valence-corrected chi connectivity index (χ2v) is 6.58. The van der Waals surface area contributed by atoms with Gasteiger partial charge in [0.25, 0.3) is 0 Å². The number of aryl methyl sites for hydroxylation is 1. The number of hydrogen-bond acceptors (Lipinski definition) is 3. The van der Waals surface area contributed by atoms with Gasteiger partial charge in [0, 0.05) is 24.4 Å². The standard InChI is InChI=1S/C16H25N3/c1-11(2)17-9-13-5-6-15-14(7-13)10-18-16(19-15)8-12-3-4-12/h10-13,17H,3-9H2,1-2H3. The molecule has 2 aliphatic rings. The Bertz CT molecular complexity index is 438. The maximum atomic E-state index is 4.79. The van der Waals surface area contributed by atoms with Gasteiger partial charge in [0.05, 0.1) is 0 Å². The van der Waals surface area contributed by atoms with Crippen molar-refractivity contribution >= 4 is 0 Å². The summed E-state index contributed by atoms with van der Waals surface area (Å²) in [5.74, 6) is 2.72. The third-order valence-corrected chi connectivity index (χ3v) is 4.29. The van der Waals surface area contributed by atoms with E-state index in [9.17, 15) is 0 Å². The van der Waals surface area contributed by atoms with Crippen molar-refractivity contribution in [3.05, 3.63) is 23.3 Å². The van der Waals surface area contributed by atoms with Gasteiger partial charge in [-0.3, -0.25) is 0 Å². The van der Waals surface area contributed by atoms with Gasteiger partial charge in [0.2, 0.25) is 0 Å². The number of rotatable bonds is 5. The van der Waals surface area contributed by atoms with Gasteiger partial charge in [-0.25, -0.2) is 9.97 Å². The second-order valence-electron chi connectivity index (χ2n) is 6.58. The van der Waals surface area contributed by atoms with Crippen LogP contribution < -0.4 is 5.32 Å². The van der Waals surface area contributed by atoms with Crippen LogP contribution in [0.2, 0.25) is 0 Å². The molecule has 3 heteroatoms. The van der Waals surface area contributed by atoms with Crippen LogP contribution in [-0.4, -0.2) is 22.6 Å². The summed E-state index contributed by atoms with van der Waals surface area (Å²) in [5, 5.41) is 3.55. The van der Waals surface area contributed by atoms with Crippen molar-refractivity contribution in [3.8, 4) is 0 Å². The molecule has 2 aliphatic carbocycles. The Labute approximate surface area is 116 Å². The minimum Gasteiger partial charge on any atom is -0.314 e. The van der Waals surface area contributed by atoms with Gasteiger partial charge in [-0.15, -0.1) is 0 Å². The van der Waals surface area contributed by atoms with Crippen molar-refractivity contribution in [1.82, 2.24) is 15.3 Å². The molecule has 0 radical (unpaired) electrons. The summed E-state index contributed by atoms with van der Waals surface area (Å²) in [6.07, 6.45) is 9.52. The summed E-state index contributed by atoms with van der Waals surface area (Å²) in [6, 6.07) is 0.582. The Morgan fingerprint density at radius 3 is 2.84 bits per heavy atom. The molecule has 1 atom stereocenters. The zero-order valence-electron chi connectivity index (χ0n) is 12.2. The molecule has 0 spiro atoms. The Balaban J connectivity index is 1.61. The van der Waals surface area contributed by atoms with Crippen molar-refractivity contribution in [2.45, 2.75) is 58.4 Å². The molecule has 0 aliphatic heterocycles. The van der Waals surface area contributed by atoms with E-state index in [1.54, 1.807) is 0 Å². The van der Waals surface area contributed by atoms with Crippen LogP contribution in [0.1, 0.15) is 50.2 Å². The molecule has 0 bridgehead atoms. The van der Waals surface area contributed by atoms with Crippen molar-refractivity contribution < 1.29 is 0 Å². The quantitative estimate of drug-likeness (QED) is 0.883. The van der Waals surface area contributed by atoms with Crippen molar-refractivity contribution in [3.63, 3.8) is 0 Å². The summed E-state index contributed by atoms with van der Waals surface area (Å²) in [6.45, 7) is 5.55. The van der Waals surface area contributed by atoms with E-state index in [0.717, 1.165) is 43.5 Å². The summed E-state index contributed by atoms with van der Waals surface area (Å²) in [7, 11) is 0. The highest BCUT2D eigenvalue weighted by atomic mass is 14.9. The van der Waals surface area contributed by atoms with Crippen LogP contribution >= 0.6 is 0 Å². The molecule has 1 N–H and O–H groups in total. The zero-order chi connectivity index (χ0) is 13.2. The molecule has 1 heterocycles. The third-order valence-electron chi connectivity index (χ3n) is 4.29. The van der Waals surface area contributed by atoms with Crippen LogP contribution in [0.3, 0.4) is 0 Å². The second kappa shape index (κ2) is 5.58. The Morgan fingerprint density at radius 1 is 1.26 bits per heavy atom. The molecular formula is C16H25N3. The highest BCUT2D eigenvalue weighted by molar-refractivity contribution is 5.21. The summed E-state index contributed by atoms with van der Waals surface area (Å²) in [4.78, 5) is 9.36. The molecule has 0 saturated heterocycles. The Kier molecular flexibility index (Phi) is 3.83. The van der Waals surface area contributed by atoms with E-state index in [4.69, 9.17) is 4.98 Å². The molecule has 3 nitrogen and oxygen atoms in total. The molecule has 104 valence electrons.